The molecule has 2 aromatic heterocycles. The smallest absolute Gasteiger partial charge is 0.258 e. The van der Waals surface area contributed by atoms with E-state index in [0.29, 0.717) is 24.8 Å². The number of rotatable bonds is 5. The van der Waals surface area contributed by atoms with Crippen molar-refractivity contribution in [3.63, 3.8) is 0 Å². The van der Waals surface area contributed by atoms with E-state index in [1.165, 1.54) is 0 Å². The number of hydrogen-bond donors (Lipinski definition) is 0. The van der Waals surface area contributed by atoms with Crippen LogP contribution in [0.5, 0.6) is 0 Å². The molecule has 8 heteroatoms. The first-order valence-electron chi connectivity index (χ1n) is 9.23. The Morgan fingerprint density at radius 2 is 1.89 bits per heavy atom. The molecule has 1 aromatic carbocycles. The fourth-order valence-corrected chi connectivity index (χ4v) is 5.25. The van der Waals surface area contributed by atoms with Crippen LogP contribution in [0.1, 0.15) is 31.2 Å². The first-order chi connectivity index (χ1) is 13.5. The van der Waals surface area contributed by atoms with Crippen LogP contribution < -0.4 is 0 Å². The second-order valence-corrected chi connectivity index (χ2v) is 9.37. The molecule has 3 heterocycles. The van der Waals surface area contributed by atoms with Crippen molar-refractivity contribution in [3.8, 4) is 11.5 Å². The summed E-state index contributed by atoms with van der Waals surface area (Å²) in [7, 11) is -3.42. The summed E-state index contributed by atoms with van der Waals surface area (Å²) in [5.41, 5.74) is 1.09. The summed E-state index contributed by atoms with van der Waals surface area (Å²) < 4.78 is 32.9. The van der Waals surface area contributed by atoms with E-state index in [2.05, 4.69) is 15.1 Å². The number of hydrogen-bond acceptors (Lipinski definition) is 6. The normalized spacial score (nSPS) is 20.9. The van der Waals surface area contributed by atoms with Gasteiger partial charge < -0.3 is 4.52 Å². The third-order valence-electron chi connectivity index (χ3n) is 5.14. The summed E-state index contributed by atoms with van der Waals surface area (Å²) >= 11 is 0. The fourth-order valence-electron chi connectivity index (χ4n) is 3.57. The molecule has 0 amide bonds. The molecule has 1 saturated heterocycles. The second-order valence-electron chi connectivity index (χ2n) is 7.40. The Labute approximate surface area is 164 Å². The molecule has 1 atom stereocenters. The number of nitrogens with zero attached hydrogens (tertiary/aromatic N) is 4. The lowest BCUT2D eigenvalue weighted by atomic mass is 9.82. The maximum absolute atomic E-state index is 13.0. The van der Waals surface area contributed by atoms with Gasteiger partial charge in [0.1, 0.15) is 0 Å². The second kappa shape index (κ2) is 7.44. The maximum atomic E-state index is 13.0. The number of piperidine rings is 1. The Bertz CT molecular complexity index is 1040. The van der Waals surface area contributed by atoms with Crippen molar-refractivity contribution in [2.24, 2.45) is 0 Å². The highest BCUT2D eigenvalue weighted by Crippen LogP contribution is 2.34. The zero-order chi connectivity index (χ0) is 19.6. The van der Waals surface area contributed by atoms with E-state index in [1.807, 2.05) is 37.3 Å². The average molecular weight is 398 g/mol. The molecule has 4 rings (SSSR count). The first-order valence-corrected chi connectivity index (χ1v) is 10.8. The van der Waals surface area contributed by atoms with E-state index in [-0.39, 0.29) is 5.75 Å². The van der Waals surface area contributed by atoms with Crippen molar-refractivity contribution in [1.82, 2.24) is 19.4 Å². The molecule has 1 fully saturated rings. The highest BCUT2D eigenvalue weighted by Gasteiger charge is 2.40. The van der Waals surface area contributed by atoms with E-state index in [0.717, 1.165) is 24.0 Å². The average Bonchev–Trinajstić information content (AvgIpc) is 3.20. The van der Waals surface area contributed by atoms with Gasteiger partial charge in [-0.3, -0.25) is 4.98 Å². The van der Waals surface area contributed by atoms with Crippen LogP contribution in [0.4, 0.5) is 0 Å². The molecule has 1 aliphatic heterocycles. The topological polar surface area (TPSA) is 89.2 Å². The standard InChI is InChI=1S/C20H22N4O3S/c1-20(19-22-18(27-23-19)17-8-11-21-12-9-17)10-5-13-24(15-20)28(25,26)14-16-6-3-2-4-7-16/h2-4,6-9,11-12H,5,10,13-15H2,1H3. The Balaban J connectivity index is 1.55. The number of benzene rings is 1. The maximum Gasteiger partial charge on any atom is 0.258 e. The summed E-state index contributed by atoms with van der Waals surface area (Å²) in [5.74, 6) is 0.958. The summed E-state index contributed by atoms with van der Waals surface area (Å²) in [6.45, 7) is 2.86. The molecule has 0 aliphatic carbocycles. The molecule has 7 nitrogen and oxygen atoms in total. The predicted molar refractivity (Wildman–Crippen MR) is 105 cm³/mol. The van der Waals surface area contributed by atoms with Crippen molar-refractivity contribution in [3.05, 3.63) is 66.2 Å². The number of sulfonamides is 1. The van der Waals surface area contributed by atoms with Gasteiger partial charge in [0.05, 0.1) is 5.75 Å². The van der Waals surface area contributed by atoms with Crippen LogP contribution in [-0.4, -0.2) is 40.9 Å². The van der Waals surface area contributed by atoms with Crippen LogP contribution in [0.15, 0.2) is 59.4 Å². The largest absolute Gasteiger partial charge is 0.334 e. The third kappa shape index (κ3) is 3.83. The minimum atomic E-state index is -3.42. The van der Waals surface area contributed by atoms with Gasteiger partial charge in [0, 0.05) is 36.5 Å². The van der Waals surface area contributed by atoms with Crippen molar-refractivity contribution in [2.75, 3.05) is 13.1 Å². The van der Waals surface area contributed by atoms with E-state index >= 15 is 0 Å². The lowest BCUT2D eigenvalue weighted by Gasteiger charge is -2.37. The molecular formula is C20H22N4O3S. The molecule has 0 bridgehead atoms. The van der Waals surface area contributed by atoms with Gasteiger partial charge in [-0.05, 0) is 30.5 Å². The zero-order valence-electron chi connectivity index (χ0n) is 15.7. The lowest BCUT2D eigenvalue weighted by Crippen LogP contribution is -2.47. The van der Waals surface area contributed by atoms with Gasteiger partial charge >= 0.3 is 0 Å². The molecule has 28 heavy (non-hydrogen) atoms. The molecular weight excluding hydrogens is 376 g/mol. The van der Waals surface area contributed by atoms with E-state index in [9.17, 15) is 8.42 Å². The van der Waals surface area contributed by atoms with E-state index in [1.54, 1.807) is 28.8 Å². The highest BCUT2D eigenvalue weighted by molar-refractivity contribution is 7.88. The molecule has 3 aromatic rings. The van der Waals surface area contributed by atoms with Gasteiger partial charge in [-0.2, -0.15) is 4.98 Å². The molecule has 0 spiro atoms. The Morgan fingerprint density at radius 3 is 2.64 bits per heavy atom. The van der Waals surface area contributed by atoms with E-state index in [4.69, 9.17) is 4.52 Å². The zero-order valence-corrected chi connectivity index (χ0v) is 16.5. The summed E-state index contributed by atoms with van der Waals surface area (Å²) in [5, 5.41) is 4.16. The van der Waals surface area contributed by atoms with E-state index < -0.39 is 15.4 Å². The van der Waals surface area contributed by atoms with Crippen molar-refractivity contribution < 1.29 is 12.9 Å². The monoisotopic (exact) mass is 398 g/mol. The van der Waals surface area contributed by atoms with Crippen LogP contribution in [0, 0.1) is 0 Å². The molecule has 0 radical (unpaired) electrons. The van der Waals surface area contributed by atoms with Crippen molar-refractivity contribution in [1.29, 1.82) is 0 Å². The van der Waals surface area contributed by atoms with Crippen molar-refractivity contribution >= 4 is 10.0 Å². The summed E-state index contributed by atoms with van der Waals surface area (Å²) in [6.07, 6.45) is 4.89. The van der Waals surface area contributed by atoms with Crippen LogP contribution >= 0.6 is 0 Å². The minimum Gasteiger partial charge on any atom is -0.334 e. The Morgan fingerprint density at radius 1 is 1.14 bits per heavy atom. The van der Waals surface area contributed by atoms with Crippen LogP contribution in [0.3, 0.4) is 0 Å². The SMILES string of the molecule is CC1(c2noc(-c3ccncc3)n2)CCCN(S(=O)(=O)Cc2ccccc2)C1. The Hall–Kier alpha value is -2.58. The van der Waals surface area contributed by atoms with Gasteiger partial charge in [0.25, 0.3) is 5.89 Å². The molecule has 1 unspecified atom stereocenters. The molecule has 0 saturated carbocycles. The molecule has 0 N–H and O–H groups in total. The third-order valence-corrected chi connectivity index (χ3v) is 6.94. The molecule has 1 aliphatic rings. The number of aromatic nitrogens is 3. The highest BCUT2D eigenvalue weighted by atomic mass is 32.2. The van der Waals surface area contributed by atoms with Gasteiger partial charge in [-0.25, -0.2) is 12.7 Å². The first kappa shape index (κ1) is 18.8. The number of pyridine rings is 1. The van der Waals surface area contributed by atoms with Gasteiger partial charge in [0.15, 0.2) is 5.82 Å². The van der Waals surface area contributed by atoms with Gasteiger partial charge in [-0.1, -0.05) is 42.4 Å². The predicted octanol–water partition coefficient (Wildman–Crippen LogP) is 3.02. The summed E-state index contributed by atoms with van der Waals surface area (Å²) in [6, 6.07) is 12.9. The molecule has 146 valence electrons. The minimum absolute atomic E-state index is 0.00156. The summed E-state index contributed by atoms with van der Waals surface area (Å²) in [4.78, 5) is 8.54. The van der Waals surface area contributed by atoms with Gasteiger partial charge in [0.2, 0.25) is 10.0 Å². The van der Waals surface area contributed by atoms with Gasteiger partial charge in [-0.15, -0.1) is 0 Å². The quantitative estimate of drug-likeness (QED) is 0.656. The van der Waals surface area contributed by atoms with Crippen molar-refractivity contribution in [2.45, 2.75) is 30.9 Å². The van der Waals surface area contributed by atoms with Crippen LogP contribution in [0.2, 0.25) is 0 Å². The van der Waals surface area contributed by atoms with Crippen LogP contribution in [0.25, 0.3) is 11.5 Å². The lowest BCUT2D eigenvalue weighted by molar-refractivity contribution is 0.225. The Kier molecular flexibility index (Phi) is 4.99. The fraction of sp³-hybridized carbons (Fsp3) is 0.350. The van der Waals surface area contributed by atoms with Crippen LogP contribution in [-0.2, 0) is 21.2 Å².